The van der Waals surface area contributed by atoms with Crippen molar-refractivity contribution in [2.24, 2.45) is 5.92 Å². The third-order valence-electron chi connectivity index (χ3n) is 2.44. The lowest BCUT2D eigenvalue weighted by Gasteiger charge is -2.18. The standard InChI is InChI=1S/C15H20N2O2/c1-12(2)11-17(3)15(19)14-8-7-13(10-16-14)6-4-5-9-18/h7-8,10,12,18H,5,9,11H2,1-3H3. The molecule has 1 N–H and O–H groups in total. The van der Waals surface area contributed by atoms with Crippen molar-refractivity contribution in [3.8, 4) is 11.8 Å². The van der Waals surface area contributed by atoms with Crippen LogP contribution in [0, 0.1) is 17.8 Å². The highest BCUT2D eigenvalue weighted by Gasteiger charge is 2.13. The molecule has 0 aromatic carbocycles. The molecule has 1 rings (SSSR count). The van der Waals surface area contributed by atoms with Crippen molar-refractivity contribution in [1.29, 1.82) is 0 Å². The number of aliphatic hydroxyl groups is 1. The van der Waals surface area contributed by atoms with E-state index >= 15 is 0 Å². The Bertz CT molecular complexity index is 469. The second kappa shape index (κ2) is 7.55. The van der Waals surface area contributed by atoms with Crippen LogP contribution >= 0.6 is 0 Å². The minimum Gasteiger partial charge on any atom is -0.395 e. The molecule has 0 unspecified atom stereocenters. The summed E-state index contributed by atoms with van der Waals surface area (Å²) in [6.07, 6.45) is 2.03. The van der Waals surface area contributed by atoms with Gasteiger partial charge >= 0.3 is 0 Å². The normalized spacial score (nSPS) is 9.95. The summed E-state index contributed by atoms with van der Waals surface area (Å²) in [4.78, 5) is 17.8. The first-order valence-electron chi connectivity index (χ1n) is 6.36. The minimum atomic E-state index is -0.0800. The average Bonchev–Trinajstić information content (AvgIpc) is 2.38. The maximum Gasteiger partial charge on any atom is 0.272 e. The number of hydrogen-bond acceptors (Lipinski definition) is 3. The van der Waals surface area contributed by atoms with Gasteiger partial charge in [0.25, 0.3) is 5.91 Å². The molecule has 4 heteroatoms. The molecule has 0 saturated carbocycles. The Morgan fingerprint density at radius 1 is 1.47 bits per heavy atom. The minimum absolute atomic E-state index is 0.0526. The first-order valence-corrected chi connectivity index (χ1v) is 6.36. The Labute approximate surface area is 114 Å². The third kappa shape index (κ3) is 5.11. The molecule has 0 aliphatic heterocycles. The molecule has 0 spiro atoms. The van der Waals surface area contributed by atoms with E-state index < -0.39 is 0 Å². The molecule has 0 fully saturated rings. The van der Waals surface area contributed by atoms with Crippen molar-refractivity contribution in [2.45, 2.75) is 20.3 Å². The molecule has 1 aromatic heterocycles. The van der Waals surface area contributed by atoms with Crippen LogP contribution in [0.1, 0.15) is 36.3 Å². The SMILES string of the molecule is CC(C)CN(C)C(=O)c1ccc(C#CCCO)cn1. The number of hydrogen-bond donors (Lipinski definition) is 1. The van der Waals surface area contributed by atoms with E-state index in [1.807, 2.05) is 0 Å². The number of carbonyl (C=O) groups excluding carboxylic acids is 1. The van der Waals surface area contributed by atoms with Gasteiger partial charge in [-0.2, -0.15) is 0 Å². The second-order valence-corrected chi connectivity index (χ2v) is 4.79. The van der Waals surface area contributed by atoms with Gasteiger partial charge in [0.1, 0.15) is 5.69 Å². The van der Waals surface area contributed by atoms with E-state index in [0.717, 1.165) is 5.56 Å². The zero-order valence-electron chi connectivity index (χ0n) is 11.7. The number of aromatic nitrogens is 1. The fourth-order valence-corrected chi connectivity index (χ4v) is 1.64. The summed E-state index contributed by atoms with van der Waals surface area (Å²) in [6.45, 7) is 4.89. The molecule has 0 atom stereocenters. The summed E-state index contributed by atoms with van der Waals surface area (Å²) in [5.41, 5.74) is 1.17. The monoisotopic (exact) mass is 260 g/mol. The van der Waals surface area contributed by atoms with E-state index in [9.17, 15) is 4.79 Å². The number of amides is 1. The van der Waals surface area contributed by atoms with Crippen LogP contribution in [-0.4, -0.2) is 41.1 Å². The molecule has 0 aliphatic rings. The summed E-state index contributed by atoms with van der Waals surface area (Å²) in [6, 6.07) is 3.45. The van der Waals surface area contributed by atoms with E-state index in [1.165, 1.54) is 0 Å². The lowest BCUT2D eigenvalue weighted by molar-refractivity contribution is 0.0773. The molecule has 1 heterocycles. The van der Waals surface area contributed by atoms with E-state index in [-0.39, 0.29) is 12.5 Å². The van der Waals surface area contributed by atoms with Gasteiger partial charge in [-0.25, -0.2) is 4.98 Å². The molecule has 0 aliphatic carbocycles. The van der Waals surface area contributed by atoms with Crippen molar-refractivity contribution in [2.75, 3.05) is 20.2 Å². The summed E-state index contributed by atoms with van der Waals surface area (Å²) in [5.74, 6) is 6.04. The summed E-state index contributed by atoms with van der Waals surface area (Å²) >= 11 is 0. The van der Waals surface area contributed by atoms with Gasteiger partial charge in [0, 0.05) is 31.8 Å². The van der Waals surface area contributed by atoms with Gasteiger partial charge in [-0.05, 0) is 18.1 Å². The van der Waals surface area contributed by atoms with Gasteiger partial charge in [-0.3, -0.25) is 4.79 Å². The molecule has 1 amide bonds. The molecular formula is C15H20N2O2. The quantitative estimate of drug-likeness (QED) is 0.836. The lowest BCUT2D eigenvalue weighted by Crippen LogP contribution is -2.30. The maximum absolute atomic E-state index is 12.0. The first-order chi connectivity index (χ1) is 9.04. The van der Waals surface area contributed by atoms with Crippen LogP contribution in [-0.2, 0) is 0 Å². The molecule has 0 bridgehead atoms. The molecule has 19 heavy (non-hydrogen) atoms. The molecule has 1 aromatic rings. The van der Waals surface area contributed by atoms with E-state index in [1.54, 1.807) is 30.3 Å². The van der Waals surface area contributed by atoms with Crippen LogP contribution < -0.4 is 0 Å². The Morgan fingerprint density at radius 2 is 2.21 bits per heavy atom. The van der Waals surface area contributed by atoms with Crippen molar-refractivity contribution in [1.82, 2.24) is 9.88 Å². The first kappa shape index (κ1) is 15.2. The number of pyridine rings is 1. The van der Waals surface area contributed by atoms with Crippen molar-refractivity contribution in [3.63, 3.8) is 0 Å². The van der Waals surface area contributed by atoms with E-state index in [4.69, 9.17) is 5.11 Å². The zero-order chi connectivity index (χ0) is 14.3. The van der Waals surface area contributed by atoms with E-state index in [0.29, 0.717) is 24.6 Å². The Morgan fingerprint density at radius 3 is 2.74 bits per heavy atom. The zero-order valence-corrected chi connectivity index (χ0v) is 11.7. The summed E-state index contributed by atoms with van der Waals surface area (Å²) in [7, 11) is 1.78. The molecule has 0 saturated heterocycles. The van der Waals surface area contributed by atoms with Gasteiger partial charge in [0.05, 0.1) is 6.61 Å². The Hall–Kier alpha value is -1.86. The maximum atomic E-state index is 12.0. The highest BCUT2D eigenvalue weighted by molar-refractivity contribution is 5.92. The number of nitrogens with zero attached hydrogens (tertiary/aromatic N) is 2. The van der Waals surface area contributed by atoms with Gasteiger partial charge in [0.15, 0.2) is 0 Å². The molecule has 0 radical (unpaired) electrons. The molecule has 4 nitrogen and oxygen atoms in total. The van der Waals surface area contributed by atoms with Crippen LogP contribution in [0.4, 0.5) is 0 Å². The number of carbonyl (C=O) groups is 1. The second-order valence-electron chi connectivity index (χ2n) is 4.79. The van der Waals surface area contributed by atoms with Crippen molar-refractivity contribution >= 4 is 5.91 Å². The van der Waals surface area contributed by atoms with Crippen LogP contribution in [0.15, 0.2) is 18.3 Å². The topological polar surface area (TPSA) is 53.4 Å². The smallest absolute Gasteiger partial charge is 0.272 e. The highest BCUT2D eigenvalue weighted by Crippen LogP contribution is 2.04. The van der Waals surface area contributed by atoms with Gasteiger partial charge in [0.2, 0.25) is 0 Å². The Balaban J connectivity index is 2.71. The van der Waals surface area contributed by atoms with Crippen LogP contribution in [0.3, 0.4) is 0 Å². The molecular weight excluding hydrogens is 240 g/mol. The largest absolute Gasteiger partial charge is 0.395 e. The average molecular weight is 260 g/mol. The highest BCUT2D eigenvalue weighted by atomic mass is 16.2. The van der Waals surface area contributed by atoms with Gasteiger partial charge in [-0.15, -0.1) is 0 Å². The fourth-order valence-electron chi connectivity index (χ4n) is 1.64. The van der Waals surface area contributed by atoms with Gasteiger partial charge < -0.3 is 10.0 Å². The van der Waals surface area contributed by atoms with Crippen molar-refractivity contribution in [3.05, 3.63) is 29.6 Å². The summed E-state index contributed by atoms with van der Waals surface area (Å²) in [5, 5.41) is 8.63. The van der Waals surface area contributed by atoms with Gasteiger partial charge in [-0.1, -0.05) is 25.7 Å². The van der Waals surface area contributed by atoms with Crippen LogP contribution in [0.2, 0.25) is 0 Å². The predicted octanol–water partition coefficient (Wildman–Crippen LogP) is 1.54. The summed E-state index contributed by atoms with van der Waals surface area (Å²) < 4.78 is 0. The third-order valence-corrected chi connectivity index (χ3v) is 2.44. The lowest BCUT2D eigenvalue weighted by atomic mass is 10.2. The van der Waals surface area contributed by atoms with Crippen molar-refractivity contribution < 1.29 is 9.90 Å². The Kier molecular flexibility index (Phi) is 6.04. The predicted molar refractivity (Wildman–Crippen MR) is 74.6 cm³/mol. The fraction of sp³-hybridized carbons (Fsp3) is 0.467. The number of rotatable bonds is 4. The molecule has 102 valence electrons. The van der Waals surface area contributed by atoms with Crippen LogP contribution in [0.5, 0.6) is 0 Å². The van der Waals surface area contributed by atoms with E-state index in [2.05, 4.69) is 30.7 Å². The number of aliphatic hydroxyl groups excluding tert-OH is 1. The van der Waals surface area contributed by atoms with Crippen LogP contribution in [0.25, 0.3) is 0 Å².